The highest BCUT2D eigenvalue weighted by Gasteiger charge is 2.34. The Morgan fingerprint density at radius 1 is 1.18 bits per heavy atom. The Bertz CT molecular complexity index is 943. The van der Waals surface area contributed by atoms with Crippen LogP contribution in [0.25, 0.3) is 6.08 Å². The SMILES string of the molecule is CCOC(=O)COc1ccc(Br)cc1/C=C1\NC(=O)N(c2ccccc2)C1=O. The summed E-state index contributed by atoms with van der Waals surface area (Å²) >= 11 is 3.37. The highest BCUT2D eigenvalue weighted by molar-refractivity contribution is 9.10. The lowest BCUT2D eigenvalue weighted by Crippen LogP contribution is -2.30. The van der Waals surface area contributed by atoms with Gasteiger partial charge in [0.25, 0.3) is 5.91 Å². The number of urea groups is 1. The molecule has 3 rings (SSSR count). The fourth-order valence-corrected chi connectivity index (χ4v) is 2.98. The lowest BCUT2D eigenvalue weighted by molar-refractivity contribution is -0.145. The van der Waals surface area contributed by atoms with Crippen molar-refractivity contribution in [1.29, 1.82) is 0 Å². The topological polar surface area (TPSA) is 84.9 Å². The number of benzene rings is 2. The first-order valence-electron chi connectivity index (χ1n) is 8.49. The quantitative estimate of drug-likeness (QED) is 0.418. The third kappa shape index (κ3) is 4.40. The van der Waals surface area contributed by atoms with Crippen molar-refractivity contribution in [3.8, 4) is 5.75 Å². The van der Waals surface area contributed by atoms with Gasteiger partial charge in [-0.2, -0.15) is 0 Å². The lowest BCUT2D eigenvalue weighted by atomic mass is 10.1. The number of nitrogens with zero attached hydrogens (tertiary/aromatic N) is 1. The van der Waals surface area contributed by atoms with E-state index in [0.29, 0.717) is 17.0 Å². The van der Waals surface area contributed by atoms with Gasteiger partial charge in [-0.3, -0.25) is 4.79 Å². The van der Waals surface area contributed by atoms with Gasteiger partial charge in [-0.15, -0.1) is 0 Å². The Hall–Kier alpha value is -3.13. The molecule has 0 saturated carbocycles. The summed E-state index contributed by atoms with van der Waals surface area (Å²) in [5.74, 6) is -0.596. The number of carbonyl (C=O) groups excluding carboxylic acids is 3. The summed E-state index contributed by atoms with van der Waals surface area (Å²) in [6.45, 7) is 1.71. The van der Waals surface area contributed by atoms with E-state index in [4.69, 9.17) is 9.47 Å². The van der Waals surface area contributed by atoms with Crippen molar-refractivity contribution in [2.75, 3.05) is 18.1 Å². The van der Waals surface area contributed by atoms with Gasteiger partial charge in [0.1, 0.15) is 11.4 Å². The maximum atomic E-state index is 12.7. The molecule has 0 radical (unpaired) electrons. The molecule has 0 aliphatic carbocycles. The first kappa shape index (κ1) is 19.6. The molecule has 7 nitrogen and oxygen atoms in total. The molecule has 1 fully saturated rings. The van der Waals surface area contributed by atoms with Crippen LogP contribution in [0, 0.1) is 0 Å². The molecule has 3 amide bonds. The van der Waals surface area contributed by atoms with Crippen LogP contribution in [0.5, 0.6) is 5.75 Å². The summed E-state index contributed by atoms with van der Waals surface area (Å²) in [7, 11) is 0. The molecule has 0 bridgehead atoms. The molecule has 1 saturated heterocycles. The second kappa shape index (κ2) is 8.71. The molecule has 28 heavy (non-hydrogen) atoms. The minimum atomic E-state index is -0.536. The average Bonchev–Trinajstić information content (AvgIpc) is 2.95. The van der Waals surface area contributed by atoms with Gasteiger partial charge in [0, 0.05) is 10.0 Å². The smallest absolute Gasteiger partial charge is 0.344 e. The van der Waals surface area contributed by atoms with Gasteiger partial charge in [0.15, 0.2) is 6.61 Å². The number of ether oxygens (including phenoxy) is 2. The first-order chi connectivity index (χ1) is 13.5. The number of anilines is 1. The molecule has 1 N–H and O–H groups in total. The van der Waals surface area contributed by atoms with E-state index in [1.54, 1.807) is 55.5 Å². The van der Waals surface area contributed by atoms with Gasteiger partial charge < -0.3 is 14.8 Å². The number of hydrogen-bond acceptors (Lipinski definition) is 5. The van der Waals surface area contributed by atoms with Crippen LogP contribution in [-0.2, 0) is 14.3 Å². The van der Waals surface area contributed by atoms with Crippen LogP contribution in [0.4, 0.5) is 10.5 Å². The first-order valence-corrected chi connectivity index (χ1v) is 9.29. The van der Waals surface area contributed by atoms with Crippen LogP contribution in [-0.4, -0.2) is 31.1 Å². The monoisotopic (exact) mass is 444 g/mol. The van der Waals surface area contributed by atoms with Gasteiger partial charge >= 0.3 is 12.0 Å². The molecule has 0 spiro atoms. The second-order valence-corrected chi connectivity index (χ2v) is 6.66. The number of carbonyl (C=O) groups is 3. The molecule has 0 aromatic heterocycles. The fourth-order valence-electron chi connectivity index (χ4n) is 2.61. The zero-order valence-electron chi connectivity index (χ0n) is 15.0. The highest BCUT2D eigenvalue weighted by Crippen LogP contribution is 2.28. The Morgan fingerprint density at radius 3 is 2.64 bits per heavy atom. The van der Waals surface area contributed by atoms with E-state index in [9.17, 15) is 14.4 Å². The highest BCUT2D eigenvalue weighted by atomic mass is 79.9. The lowest BCUT2D eigenvalue weighted by Gasteiger charge is -2.11. The molecule has 0 unspecified atom stereocenters. The van der Waals surface area contributed by atoms with E-state index < -0.39 is 17.9 Å². The number of esters is 1. The maximum absolute atomic E-state index is 12.7. The van der Waals surface area contributed by atoms with E-state index >= 15 is 0 Å². The molecule has 0 atom stereocenters. The zero-order chi connectivity index (χ0) is 20.1. The molecule has 2 aromatic rings. The Labute approximate surface area is 170 Å². The van der Waals surface area contributed by atoms with Crippen LogP contribution >= 0.6 is 15.9 Å². The number of nitrogens with one attached hydrogen (secondary N) is 1. The minimum absolute atomic E-state index is 0.105. The number of rotatable bonds is 6. The summed E-state index contributed by atoms with van der Waals surface area (Å²) in [6, 6.07) is 13.2. The zero-order valence-corrected chi connectivity index (χ0v) is 16.6. The summed E-state index contributed by atoms with van der Waals surface area (Å²) < 4.78 is 11.1. The van der Waals surface area contributed by atoms with Crippen molar-refractivity contribution in [3.63, 3.8) is 0 Å². The van der Waals surface area contributed by atoms with Gasteiger partial charge in [-0.05, 0) is 43.3 Å². The van der Waals surface area contributed by atoms with Crippen molar-refractivity contribution in [2.45, 2.75) is 6.92 Å². The maximum Gasteiger partial charge on any atom is 0.344 e. The number of amides is 3. The molecule has 144 valence electrons. The normalized spacial score (nSPS) is 14.9. The third-order valence-electron chi connectivity index (χ3n) is 3.82. The number of imide groups is 1. The fraction of sp³-hybridized carbons (Fsp3) is 0.150. The predicted molar refractivity (Wildman–Crippen MR) is 107 cm³/mol. The number of halogens is 1. The van der Waals surface area contributed by atoms with E-state index in [2.05, 4.69) is 21.2 Å². The van der Waals surface area contributed by atoms with Crippen LogP contribution < -0.4 is 15.0 Å². The summed E-state index contributed by atoms with van der Waals surface area (Å²) in [4.78, 5) is 37.6. The second-order valence-electron chi connectivity index (χ2n) is 5.74. The summed E-state index contributed by atoms with van der Waals surface area (Å²) in [5, 5.41) is 2.57. The van der Waals surface area contributed by atoms with Crippen molar-refractivity contribution in [3.05, 3.63) is 64.3 Å². The summed E-state index contributed by atoms with van der Waals surface area (Å²) in [6.07, 6.45) is 1.51. The van der Waals surface area contributed by atoms with Crippen LogP contribution in [0.1, 0.15) is 12.5 Å². The Morgan fingerprint density at radius 2 is 1.93 bits per heavy atom. The van der Waals surface area contributed by atoms with Gasteiger partial charge in [0.05, 0.1) is 12.3 Å². The van der Waals surface area contributed by atoms with Crippen molar-refractivity contribution < 1.29 is 23.9 Å². The third-order valence-corrected chi connectivity index (χ3v) is 4.31. The number of para-hydroxylation sites is 1. The predicted octanol–water partition coefficient (Wildman–Crippen LogP) is 3.49. The molecular weight excluding hydrogens is 428 g/mol. The Balaban J connectivity index is 1.87. The van der Waals surface area contributed by atoms with Gasteiger partial charge in [0.2, 0.25) is 0 Å². The molecule has 1 aliphatic heterocycles. The van der Waals surface area contributed by atoms with Crippen molar-refractivity contribution in [1.82, 2.24) is 5.32 Å². The van der Waals surface area contributed by atoms with Crippen molar-refractivity contribution >= 4 is 45.6 Å². The van der Waals surface area contributed by atoms with Crippen molar-refractivity contribution in [2.24, 2.45) is 0 Å². The molecular formula is C20H17BrN2O5. The standard InChI is InChI=1S/C20H17BrN2O5/c1-2-27-18(24)12-28-17-9-8-14(21)10-13(17)11-16-19(25)23(20(26)22-16)15-6-4-3-5-7-15/h3-11H,2,12H2,1H3,(H,22,26)/b16-11-. The van der Waals surface area contributed by atoms with Crippen LogP contribution in [0.2, 0.25) is 0 Å². The van der Waals surface area contributed by atoms with E-state index in [0.717, 1.165) is 9.37 Å². The van der Waals surface area contributed by atoms with E-state index in [-0.39, 0.29) is 18.9 Å². The van der Waals surface area contributed by atoms with Crippen LogP contribution in [0.3, 0.4) is 0 Å². The summed E-state index contributed by atoms with van der Waals surface area (Å²) in [5.41, 5.74) is 1.10. The average molecular weight is 445 g/mol. The largest absolute Gasteiger partial charge is 0.481 e. The van der Waals surface area contributed by atoms with E-state index in [1.807, 2.05) is 0 Å². The van der Waals surface area contributed by atoms with Gasteiger partial charge in [-0.25, -0.2) is 14.5 Å². The molecule has 1 heterocycles. The molecule has 8 heteroatoms. The molecule has 2 aromatic carbocycles. The minimum Gasteiger partial charge on any atom is -0.481 e. The van der Waals surface area contributed by atoms with Gasteiger partial charge in [-0.1, -0.05) is 34.1 Å². The van der Waals surface area contributed by atoms with Crippen LogP contribution in [0.15, 0.2) is 58.7 Å². The van der Waals surface area contributed by atoms with E-state index in [1.165, 1.54) is 6.08 Å². The molecule has 1 aliphatic rings. The Kier molecular flexibility index (Phi) is 6.10. The number of hydrogen-bond donors (Lipinski definition) is 1.